The maximum absolute atomic E-state index is 5.67. The minimum Gasteiger partial charge on any atom is -0.492 e. The maximum atomic E-state index is 5.67. The lowest BCUT2D eigenvalue weighted by Crippen LogP contribution is -2.19. The molecule has 0 aliphatic heterocycles. The lowest BCUT2D eigenvalue weighted by Gasteiger charge is -2.12. The molecule has 0 radical (unpaired) electrons. The van der Waals surface area contributed by atoms with Gasteiger partial charge in [0.05, 0.1) is 6.54 Å². The van der Waals surface area contributed by atoms with Gasteiger partial charge in [0, 0.05) is 31.2 Å². The Morgan fingerprint density at radius 3 is 2.67 bits per heavy atom. The summed E-state index contributed by atoms with van der Waals surface area (Å²) in [5.41, 5.74) is 1.07. The van der Waals surface area contributed by atoms with Crippen LogP contribution in [0.5, 0.6) is 5.75 Å². The second-order valence-corrected chi connectivity index (χ2v) is 5.16. The SMILES string of the molecule is CCn1ccnc1CNc1ccc(OCCN(C)C)cc1. The Kier molecular flexibility index (Phi) is 5.63. The van der Waals surface area contributed by atoms with E-state index in [0.717, 1.165) is 36.9 Å². The number of nitrogens with zero attached hydrogens (tertiary/aromatic N) is 3. The first-order valence-corrected chi connectivity index (χ1v) is 7.30. The summed E-state index contributed by atoms with van der Waals surface area (Å²) in [5, 5.41) is 3.38. The van der Waals surface area contributed by atoms with Crippen LogP contribution in [0.2, 0.25) is 0 Å². The number of ether oxygens (including phenoxy) is 1. The second-order valence-electron chi connectivity index (χ2n) is 5.16. The van der Waals surface area contributed by atoms with Crippen LogP contribution >= 0.6 is 0 Å². The number of aromatic nitrogens is 2. The van der Waals surface area contributed by atoms with E-state index in [9.17, 15) is 0 Å². The second kappa shape index (κ2) is 7.69. The summed E-state index contributed by atoms with van der Waals surface area (Å²) in [6, 6.07) is 8.04. The van der Waals surface area contributed by atoms with Crippen LogP contribution in [0.25, 0.3) is 0 Å². The highest BCUT2D eigenvalue weighted by molar-refractivity contribution is 5.46. The summed E-state index contributed by atoms with van der Waals surface area (Å²) in [6.45, 7) is 5.40. The summed E-state index contributed by atoms with van der Waals surface area (Å²) in [6.07, 6.45) is 3.83. The minimum absolute atomic E-state index is 0.702. The topological polar surface area (TPSA) is 42.3 Å². The number of hydrogen-bond acceptors (Lipinski definition) is 4. The van der Waals surface area contributed by atoms with Gasteiger partial charge in [-0.15, -0.1) is 0 Å². The van der Waals surface area contributed by atoms with Crippen LogP contribution in [0.1, 0.15) is 12.7 Å². The van der Waals surface area contributed by atoms with Crippen LogP contribution in [-0.2, 0) is 13.1 Å². The van der Waals surface area contributed by atoms with E-state index < -0.39 is 0 Å². The molecular formula is C16H24N4O. The van der Waals surface area contributed by atoms with Crippen LogP contribution in [0.3, 0.4) is 0 Å². The smallest absolute Gasteiger partial charge is 0.128 e. The molecule has 0 bridgehead atoms. The van der Waals surface area contributed by atoms with E-state index in [-0.39, 0.29) is 0 Å². The molecule has 114 valence electrons. The van der Waals surface area contributed by atoms with Gasteiger partial charge in [0.25, 0.3) is 0 Å². The van der Waals surface area contributed by atoms with Crippen molar-refractivity contribution in [1.29, 1.82) is 0 Å². The highest BCUT2D eigenvalue weighted by Crippen LogP contribution is 2.16. The summed E-state index contributed by atoms with van der Waals surface area (Å²) < 4.78 is 7.80. The van der Waals surface area contributed by atoms with E-state index in [1.54, 1.807) is 0 Å². The summed E-state index contributed by atoms with van der Waals surface area (Å²) in [7, 11) is 4.08. The summed E-state index contributed by atoms with van der Waals surface area (Å²) >= 11 is 0. The normalized spacial score (nSPS) is 10.9. The van der Waals surface area contributed by atoms with E-state index in [0.29, 0.717) is 6.61 Å². The van der Waals surface area contributed by atoms with Crippen molar-refractivity contribution in [2.75, 3.05) is 32.6 Å². The zero-order chi connectivity index (χ0) is 15.1. The number of nitrogens with one attached hydrogen (secondary N) is 1. The van der Waals surface area contributed by atoms with Crippen molar-refractivity contribution in [2.24, 2.45) is 0 Å². The number of rotatable bonds is 8. The third-order valence-corrected chi connectivity index (χ3v) is 3.25. The van der Waals surface area contributed by atoms with Gasteiger partial charge in [-0.05, 0) is 45.3 Å². The van der Waals surface area contributed by atoms with E-state index >= 15 is 0 Å². The van der Waals surface area contributed by atoms with Crippen molar-refractivity contribution in [3.8, 4) is 5.75 Å². The molecule has 0 aliphatic carbocycles. The fourth-order valence-corrected chi connectivity index (χ4v) is 1.99. The molecule has 21 heavy (non-hydrogen) atoms. The molecule has 0 aliphatic rings. The average molecular weight is 288 g/mol. The van der Waals surface area contributed by atoms with Crippen molar-refractivity contribution in [3.05, 3.63) is 42.5 Å². The third kappa shape index (κ3) is 4.79. The molecular weight excluding hydrogens is 264 g/mol. The molecule has 0 unspecified atom stereocenters. The van der Waals surface area contributed by atoms with Crippen molar-refractivity contribution in [3.63, 3.8) is 0 Å². The Bertz CT molecular complexity index is 533. The lowest BCUT2D eigenvalue weighted by atomic mass is 10.3. The van der Waals surface area contributed by atoms with E-state index in [4.69, 9.17) is 4.74 Å². The Labute approximate surface area is 126 Å². The Balaban J connectivity index is 1.82. The Morgan fingerprint density at radius 1 is 1.24 bits per heavy atom. The quantitative estimate of drug-likeness (QED) is 0.810. The standard InChI is InChI=1S/C16H24N4O/c1-4-20-10-9-17-16(20)13-18-14-5-7-15(8-6-14)21-12-11-19(2)3/h5-10,18H,4,11-13H2,1-3H3. The van der Waals surface area contributed by atoms with Gasteiger partial charge < -0.3 is 19.5 Å². The molecule has 5 nitrogen and oxygen atoms in total. The van der Waals surface area contributed by atoms with Crippen molar-refractivity contribution in [1.82, 2.24) is 14.5 Å². The predicted octanol–water partition coefficient (Wildman–Crippen LogP) is 2.46. The van der Waals surface area contributed by atoms with Crippen LogP contribution in [0, 0.1) is 0 Å². The zero-order valence-corrected chi connectivity index (χ0v) is 13.0. The van der Waals surface area contributed by atoms with Crippen LogP contribution in [0.4, 0.5) is 5.69 Å². The molecule has 2 rings (SSSR count). The number of anilines is 1. The Hall–Kier alpha value is -2.01. The number of hydrogen-bond donors (Lipinski definition) is 1. The molecule has 0 fully saturated rings. The fraction of sp³-hybridized carbons (Fsp3) is 0.438. The highest BCUT2D eigenvalue weighted by atomic mass is 16.5. The van der Waals surface area contributed by atoms with Gasteiger partial charge in [0.2, 0.25) is 0 Å². The zero-order valence-electron chi connectivity index (χ0n) is 13.0. The number of imidazole rings is 1. The minimum atomic E-state index is 0.702. The van der Waals surface area contributed by atoms with Gasteiger partial charge in [-0.25, -0.2) is 4.98 Å². The summed E-state index contributed by atoms with van der Waals surface area (Å²) in [4.78, 5) is 6.45. The van der Waals surface area contributed by atoms with Crippen molar-refractivity contribution < 1.29 is 4.74 Å². The van der Waals surface area contributed by atoms with Gasteiger partial charge in [0.15, 0.2) is 0 Å². The van der Waals surface area contributed by atoms with E-state index in [1.165, 1.54) is 0 Å². The van der Waals surface area contributed by atoms with Crippen LogP contribution in [0.15, 0.2) is 36.7 Å². The first-order chi connectivity index (χ1) is 10.2. The molecule has 0 spiro atoms. The maximum Gasteiger partial charge on any atom is 0.128 e. The Morgan fingerprint density at radius 2 is 2.00 bits per heavy atom. The molecule has 1 heterocycles. The lowest BCUT2D eigenvalue weighted by molar-refractivity contribution is 0.261. The molecule has 1 aromatic carbocycles. The molecule has 0 saturated heterocycles. The predicted molar refractivity (Wildman–Crippen MR) is 85.7 cm³/mol. The number of benzene rings is 1. The number of likely N-dealkylation sites (N-methyl/N-ethyl adjacent to an activating group) is 1. The van der Waals surface area contributed by atoms with Gasteiger partial charge in [-0.2, -0.15) is 0 Å². The van der Waals surface area contributed by atoms with E-state index in [2.05, 4.69) is 26.7 Å². The monoisotopic (exact) mass is 288 g/mol. The van der Waals surface area contributed by atoms with Crippen molar-refractivity contribution >= 4 is 5.69 Å². The molecule has 5 heteroatoms. The molecule has 0 amide bonds. The molecule has 0 saturated carbocycles. The van der Waals surface area contributed by atoms with Gasteiger partial charge in [-0.3, -0.25) is 0 Å². The van der Waals surface area contributed by atoms with Gasteiger partial charge in [0.1, 0.15) is 18.2 Å². The van der Waals surface area contributed by atoms with Gasteiger partial charge in [-0.1, -0.05) is 0 Å². The first kappa shape index (κ1) is 15.4. The molecule has 2 aromatic rings. The number of aryl methyl sites for hydroxylation is 1. The van der Waals surface area contributed by atoms with Crippen LogP contribution < -0.4 is 10.1 Å². The average Bonchev–Trinajstić information content (AvgIpc) is 2.93. The largest absolute Gasteiger partial charge is 0.492 e. The van der Waals surface area contributed by atoms with Gasteiger partial charge >= 0.3 is 0 Å². The first-order valence-electron chi connectivity index (χ1n) is 7.30. The molecule has 0 atom stereocenters. The van der Waals surface area contributed by atoms with E-state index in [1.807, 2.05) is 50.8 Å². The molecule has 1 N–H and O–H groups in total. The highest BCUT2D eigenvalue weighted by Gasteiger charge is 2.01. The third-order valence-electron chi connectivity index (χ3n) is 3.25. The van der Waals surface area contributed by atoms with Crippen molar-refractivity contribution in [2.45, 2.75) is 20.0 Å². The van der Waals surface area contributed by atoms with Crippen LogP contribution in [-0.4, -0.2) is 41.7 Å². The summed E-state index contributed by atoms with van der Waals surface area (Å²) in [5.74, 6) is 1.95. The fourth-order valence-electron chi connectivity index (χ4n) is 1.99. The molecule has 1 aromatic heterocycles.